The minimum Gasteiger partial charge on any atom is -0.393 e. The molecular weight excluding hydrogens is 160 g/mol. The quantitative estimate of drug-likeness (QED) is 0.751. The average molecular weight is 178 g/mol. The van der Waals surface area contributed by atoms with Crippen molar-refractivity contribution in [3.05, 3.63) is 35.4 Å². The van der Waals surface area contributed by atoms with Crippen LogP contribution in [-0.4, -0.2) is 11.2 Å². The molecule has 1 heteroatoms. The molecule has 0 saturated carbocycles. The van der Waals surface area contributed by atoms with Gasteiger partial charge in [-0.3, -0.25) is 0 Å². The van der Waals surface area contributed by atoms with E-state index in [9.17, 15) is 5.11 Å². The van der Waals surface area contributed by atoms with Crippen LogP contribution in [-0.2, 0) is 12.8 Å². The van der Waals surface area contributed by atoms with Crippen LogP contribution in [0.3, 0.4) is 0 Å². The monoisotopic (exact) mass is 178 g/mol. The van der Waals surface area contributed by atoms with Crippen molar-refractivity contribution in [2.45, 2.75) is 39.2 Å². The van der Waals surface area contributed by atoms with E-state index in [1.165, 1.54) is 11.1 Å². The maximum atomic E-state index is 9.53. The Labute approximate surface area is 80.4 Å². The fourth-order valence-electron chi connectivity index (χ4n) is 1.50. The summed E-state index contributed by atoms with van der Waals surface area (Å²) in [6.07, 6.45) is 2.48. The third kappa shape index (κ3) is 2.85. The van der Waals surface area contributed by atoms with Gasteiger partial charge in [0.1, 0.15) is 0 Å². The predicted octanol–water partition coefficient (Wildman–Crippen LogP) is 2.56. The average Bonchev–Trinajstić information content (AvgIpc) is 2.18. The van der Waals surface area contributed by atoms with E-state index in [-0.39, 0.29) is 6.10 Å². The molecule has 1 aromatic rings. The van der Waals surface area contributed by atoms with Gasteiger partial charge in [-0.2, -0.15) is 0 Å². The van der Waals surface area contributed by atoms with Gasteiger partial charge >= 0.3 is 0 Å². The van der Waals surface area contributed by atoms with Crippen molar-refractivity contribution in [3.8, 4) is 0 Å². The van der Waals surface area contributed by atoms with E-state index in [2.05, 4.69) is 25.1 Å². The topological polar surface area (TPSA) is 20.2 Å². The van der Waals surface area contributed by atoms with Crippen LogP contribution in [0.15, 0.2) is 24.3 Å². The number of hydrogen-bond donors (Lipinski definition) is 1. The van der Waals surface area contributed by atoms with Crippen molar-refractivity contribution >= 4 is 0 Å². The molecule has 1 N–H and O–H groups in total. The van der Waals surface area contributed by atoms with Gasteiger partial charge in [0.2, 0.25) is 0 Å². The number of aliphatic hydroxyl groups is 1. The molecule has 0 unspecified atom stereocenters. The van der Waals surface area contributed by atoms with Gasteiger partial charge in [-0.25, -0.2) is 0 Å². The van der Waals surface area contributed by atoms with Crippen LogP contribution in [0.2, 0.25) is 0 Å². The van der Waals surface area contributed by atoms with Gasteiger partial charge in [0.15, 0.2) is 0 Å². The Hall–Kier alpha value is -0.820. The Balaban J connectivity index is 2.74. The summed E-state index contributed by atoms with van der Waals surface area (Å²) in [7, 11) is 0. The van der Waals surface area contributed by atoms with Crippen LogP contribution in [0.5, 0.6) is 0 Å². The minimum atomic E-state index is -0.187. The standard InChI is InChI=1S/C12H18O/c1-3-10-7-5-6-8-11(10)9-12(13)4-2/h5-8,12-13H,3-4,9H2,1-2H3/t12-/m0/s1. The van der Waals surface area contributed by atoms with Gasteiger partial charge in [-0.15, -0.1) is 0 Å². The first kappa shape index (κ1) is 10.3. The molecule has 0 saturated heterocycles. The van der Waals surface area contributed by atoms with Crippen LogP contribution in [0.25, 0.3) is 0 Å². The van der Waals surface area contributed by atoms with Gasteiger partial charge in [0, 0.05) is 0 Å². The van der Waals surface area contributed by atoms with Crippen molar-refractivity contribution < 1.29 is 5.11 Å². The largest absolute Gasteiger partial charge is 0.393 e. The van der Waals surface area contributed by atoms with Gasteiger partial charge < -0.3 is 5.11 Å². The van der Waals surface area contributed by atoms with E-state index < -0.39 is 0 Å². The molecule has 72 valence electrons. The highest BCUT2D eigenvalue weighted by molar-refractivity contribution is 5.27. The highest BCUT2D eigenvalue weighted by atomic mass is 16.3. The molecule has 13 heavy (non-hydrogen) atoms. The maximum Gasteiger partial charge on any atom is 0.0578 e. The lowest BCUT2D eigenvalue weighted by molar-refractivity contribution is 0.170. The molecule has 0 heterocycles. The molecule has 0 aliphatic heterocycles. The number of benzene rings is 1. The second-order valence-electron chi connectivity index (χ2n) is 3.39. The zero-order valence-corrected chi connectivity index (χ0v) is 8.46. The van der Waals surface area contributed by atoms with E-state index in [4.69, 9.17) is 0 Å². The SMILES string of the molecule is CCc1ccccc1C[C@@H](O)CC. The molecule has 0 fully saturated rings. The van der Waals surface area contributed by atoms with E-state index in [0.29, 0.717) is 0 Å². The summed E-state index contributed by atoms with van der Waals surface area (Å²) in [5.41, 5.74) is 2.65. The lowest BCUT2D eigenvalue weighted by Gasteiger charge is -2.11. The van der Waals surface area contributed by atoms with Gasteiger partial charge in [-0.05, 0) is 30.4 Å². The first-order valence-electron chi connectivity index (χ1n) is 5.02. The van der Waals surface area contributed by atoms with Gasteiger partial charge in [0.25, 0.3) is 0 Å². The molecule has 1 nitrogen and oxygen atoms in total. The Kier molecular flexibility index (Phi) is 3.97. The molecule has 0 aromatic heterocycles. The van der Waals surface area contributed by atoms with Crippen molar-refractivity contribution in [2.75, 3.05) is 0 Å². The summed E-state index contributed by atoms with van der Waals surface area (Å²) < 4.78 is 0. The first-order chi connectivity index (χ1) is 6.27. The second kappa shape index (κ2) is 5.03. The molecule has 0 aliphatic rings. The van der Waals surface area contributed by atoms with Crippen molar-refractivity contribution in [3.63, 3.8) is 0 Å². The highest BCUT2D eigenvalue weighted by Crippen LogP contribution is 2.12. The third-order valence-electron chi connectivity index (χ3n) is 2.43. The molecule has 1 atom stereocenters. The van der Waals surface area contributed by atoms with Gasteiger partial charge in [0.05, 0.1) is 6.10 Å². The Morgan fingerprint density at radius 3 is 2.31 bits per heavy atom. The van der Waals surface area contributed by atoms with Crippen LogP contribution < -0.4 is 0 Å². The molecule has 0 spiro atoms. The molecule has 1 aromatic carbocycles. The predicted molar refractivity (Wildman–Crippen MR) is 55.8 cm³/mol. The molecule has 0 radical (unpaired) electrons. The van der Waals surface area contributed by atoms with E-state index in [1.807, 2.05) is 13.0 Å². The molecule has 0 bridgehead atoms. The molecular formula is C12H18O. The van der Waals surface area contributed by atoms with Crippen LogP contribution in [0.4, 0.5) is 0 Å². The van der Waals surface area contributed by atoms with Gasteiger partial charge in [-0.1, -0.05) is 38.1 Å². The van der Waals surface area contributed by atoms with Crippen LogP contribution in [0, 0.1) is 0 Å². The summed E-state index contributed by atoms with van der Waals surface area (Å²) in [6, 6.07) is 8.34. The van der Waals surface area contributed by atoms with E-state index in [1.54, 1.807) is 0 Å². The minimum absolute atomic E-state index is 0.187. The lowest BCUT2D eigenvalue weighted by atomic mass is 9.99. The van der Waals surface area contributed by atoms with Crippen molar-refractivity contribution in [1.82, 2.24) is 0 Å². The van der Waals surface area contributed by atoms with Crippen LogP contribution >= 0.6 is 0 Å². The number of rotatable bonds is 4. The fourth-order valence-corrected chi connectivity index (χ4v) is 1.50. The van der Waals surface area contributed by atoms with E-state index >= 15 is 0 Å². The van der Waals surface area contributed by atoms with Crippen LogP contribution in [0.1, 0.15) is 31.4 Å². The normalized spacial score (nSPS) is 12.8. The number of aliphatic hydroxyl groups excluding tert-OH is 1. The van der Waals surface area contributed by atoms with E-state index in [0.717, 1.165) is 19.3 Å². The molecule has 0 amide bonds. The lowest BCUT2D eigenvalue weighted by Crippen LogP contribution is -2.09. The third-order valence-corrected chi connectivity index (χ3v) is 2.43. The maximum absolute atomic E-state index is 9.53. The first-order valence-corrected chi connectivity index (χ1v) is 5.02. The number of hydrogen-bond acceptors (Lipinski definition) is 1. The fraction of sp³-hybridized carbons (Fsp3) is 0.500. The zero-order chi connectivity index (χ0) is 9.68. The summed E-state index contributed by atoms with van der Waals surface area (Å²) in [5.74, 6) is 0. The summed E-state index contributed by atoms with van der Waals surface area (Å²) >= 11 is 0. The molecule has 0 aliphatic carbocycles. The zero-order valence-electron chi connectivity index (χ0n) is 8.46. The highest BCUT2D eigenvalue weighted by Gasteiger charge is 2.05. The smallest absolute Gasteiger partial charge is 0.0578 e. The Bertz CT molecular complexity index is 255. The summed E-state index contributed by atoms with van der Waals surface area (Å²) in [4.78, 5) is 0. The Morgan fingerprint density at radius 2 is 1.77 bits per heavy atom. The van der Waals surface area contributed by atoms with Crippen molar-refractivity contribution in [1.29, 1.82) is 0 Å². The summed E-state index contributed by atoms with van der Waals surface area (Å²) in [6.45, 7) is 4.16. The Morgan fingerprint density at radius 1 is 1.15 bits per heavy atom. The molecule has 1 rings (SSSR count). The van der Waals surface area contributed by atoms with Crippen molar-refractivity contribution in [2.24, 2.45) is 0 Å². The second-order valence-corrected chi connectivity index (χ2v) is 3.39. The number of aryl methyl sites for hydroxylation is 1. The summed E-state index contributed by atoms with van der Waals surface area (Å²) in [5, 5.41) is 9.53.